The van der Waals surface area contributed by atoms with Crippen LogP contribution < -0.4 is 10.5 Å². The fourth-order valence-corrected chi connectivity index (χ4v) is 3.75. The third kappa shape index (κ3) is 4.18. The summed E-state index contributed by atoms with van der Waals surface area (Å²) in [4.78, 5) is -0.00804. The zero-order valence-electron chi connectivity index (χ0n) is 12.3. The van der Waals surface area contributed by atoms with Crippen molar-refractivity contribution in [2.24, 2.45) is 5.73 Å². The molecule has 0 aliphatic carbocycles. The van der Waals surface area contributed by atoms with Crippen LogP contribution in [-0.4, -0.2) is 18.7 Å². The number of benzene rings is 1. The summed E-state index contributed by atoms with van der Waals surface area (Å²) in [7, 11) is -3.59. The number of sulfonamides is 1. The molecule has 0 bridgehead atoms. The maximum Gasteiger partial charge on any atom is 0.242 e. The van der Waals surface area contributed by atoms with Crippen molar-refractivity contribution in [2.45, 2.75) is 44.8 Å². The van der Waals surface area contributed by atoms with E-state index in [-0.39, 0.29) is 10.4 Å². The Hall–Kier alpha value is -1.14. The van der Waals surface area contributed by atoms with E-state index in [4.69, 9.17) is 18.0 Å². The molecule has 1 aromatic rings. The second kappa shape index (κ2) is 6.10. The van der Waals surface area contributed by atoms with Gasteiger partial charge in [-0.15, -0.1) is 0 Å². The van der Waals surface area contributed by atoms with Crippen LogP contribution in [0.4, 0.5) is 5.69 Å². The number of hydrogen-bond acceptors (Lipinski definition) is 3. The molecule has 0 aliphatic rings. The lowest BCUT2D eigenvalue weighted by Gasteiger charge is -2.20. The Bertz CT molecular complexity index is 572. The number of hydrogen-bond donors (Lipinski definition) is 2. The molecule has 0 heterocycles. The lowest BCUT2D eigenvalue weighted by Crippen LogP contribution is -2.37. The predicted molar refractivity (Wildman–Crippen MR) is 88.5 cm³/mol. The van der Waals surface area contributed by atoms with Gasteiger partial charge in [0.05, 0.1) is 4.99 Å². The van der Waals surface area contributed by atoms with E-state index in [9.17, 15) is 8.42 Å². The zero-order valence-corrected chi connectivity index (χ0v) is 13.9. The van der Waals surface area contributed by atoms with Gasteiger partial charge in [0.15, 0.2) is 0 Å². The highest BCUT2D eigenvalue weighted by atomic mass is 32.2. The summed E-state index contributed by atoms with van der Waals surface area (Å²) in [6.07, 6.45) is 0.352. The molecule has 0 amide bonds. The summed E-state index contributed by atoms with van der Waals surface area (Å²) in [5.74, 6) is 0. The lowest BCUT2D eigenvalue weighted by molar-refractivity contribution is 0.590. The van der Waals surface area contributed by atoms with E-state index in [1.54, 1.807) is 19.1 Å². The fraction of sp³-hybridized carbons (Fsp3) is 0.500. The van der Waals surface area contributed by atoms with Crippen LogP contribution in [0.5, 0.6) is 0 Å². The Morgan fingerprint density at radius 2 is 1.80 bits per heavy atom. The van der Waals surface area contributed by atoms with E-state index in [1.165, 1.54) is 0 Å². The van der Waals surface area contributed by atoms with Crippen LogP contribution in [0.2, 0.25) is 0 Å². The Kier molecular flexibility index (Phi) is 5.15. The first-order valence-electron chi connectivity index (χ1n) is 6.49. The minimum Gasteiger partial charge on any atom is -0.392 e. The fourth-order valence-electron chi connectivity index (χ4n) is 1.85. The van der Waals surface area contributed by atoms with Crippen LogP contribution in [0.25, 0.3) is 0 Å². The Labute approximate surface area is 126 Å². The highest BCUT2D eigenvalue weighted by Gasteiger charge is 2.26. The highest BCUT2D eigenvalue weighted by Crippen LogP contribution is 2.24. The zero-order chi connectivity index (χ0) is 15.6. The van der Waals surface area contributed by atoms with Crippen LogP contribution in [0, 0.1) is 0 Å². The molecular formula is C14H22N2O2S2. The van der Waals surface area contributed by atoms with E-state index in [0.29, 0.717) is 12.1 Å². The maximum absolute atomic E-state index is 12.2. The molecule has 0 saturated heterocycles. The minimum absolute atomic E-state index is 0.00804. The summed E-state index contributed by atoms with van der Waals surface area (Å²) in [6.45, 7) is 8.05. The summed E-state index contributed by atoms with van der Waals surface area (Å²) < 4.78 is 26.9. The summed E-state index contributed by atoms with van der Waals surface area (Å²) >= 11 is 4.81. The van der Waals surface area contributed by atoms with Crippen molar-refractivity contribution >= 4 is 32.9 Å². The van der Waals surface area contributed by atoms with E-state index in [1.807, 2.05) is 12.1 Å². The molecule has 1 aromatic carbocycles. The maximum atomic E-state index is 12.2. The molecule has 6 heteroatoms. The van der Waals surface area contributed by atoms with Crippen LogP contribution in [0.3, 0.4) is 0 Å². The van der Waals surface area contributed by atoms with Crippen molar-refractivity contribution in [2.75, 3.05) is 4.72 Å². The summed E-state index contributed by atoms with van der Waals surface area (Å²) in [5, 5.41) is -0.847. The normalized spacial score (nSPS) is 13.8. The molecule has 20 heavy (non-hydrogen) atoms. The SMILES string of the molecule is CCC(C(N)=S)S(=O)(=O)Nc1ccc(C(C)(C)C)cc1. The molecule has 112 valence electrons. The standard InChI is InChI=1S/C14H22N2O2S2/c1-5-12(13(15)19)20(17,18)16-11-8-6-10(7-9-11)14(2,3)4/h6-9,12,16H,5H2,1-4H3,(H2,15,19). The Morgan fingerprint density at radius 3 is 2.15 bits per heavy atom. The molecule has 0 aliphatic heterocycles. The first-order valence-corrected chi connectivity index (χ1v) is 8.45. The topological polar surface area (TPSA) is 72.2 Å². The molecule has 1 atom stereocenters. The minimum atomic E-state index is -3.59. The van der Waals surface area contributed by atoms with Gasteiger partial charge in [-0.25, -0.2) is 8.42 Å². The van der Waals surface area contributed by atoms with Gasteiger partial charge in [0.2, 0.25) is 10.0 Å². The average molecular weight is 314 g/mol. The molecular weight excluding hydrogens is 292 g/mol. The van der Waals surface area contributed by atoms with Crippen molar-refractivity contribution in [3.8, 4) is 0 Å². The monoisotopic (exact) mass is 314 g/mol. The Morgan fingerprint density at radius 1 is 1.30 bits per heavy atom. The largest absolute Gasteiger partial charge is 0.392 e. The number of anilines is 1. The first kappa shape index (κ1) is 16.9. The number of rotatable bonds is 5. The number of nitrogens with one attached hydrogen (secondary N) is 1. The van der Waals surface area contributed by atoms with Gasteiger partial charge in [-0.05, 0) is 29.5 Å². The van der Waals surface area contributed by atoms with Crippen molar-refractivity contribution in [1.82, 2.24) is 0 Å². The molecule has 0 radical (unpaired) electrons. The van der Waals surface area contributed by atoms with Crippen molar-refractivity contribution in [3.05, 3.63) is 29.8 Å². The average Bonchev–Trinajstić information content (AvgIpc) is 2.27. The molecule has 0 fully saturated rings. The smallest absolute Gasteiger partial charge is 0.242 e. The van der Waals surface area contributed by atoms with Gasteiger partial charge >= 0.3 is 0 Å². The van der Waals surface area contributed by atoms with Crippen molar-refractivity contribution in [3.63, 3.8) is 0 Å². The molecule has 0 aromatic heterocycles. The third-order valence-electron chi connectivity index (χ3n) is 3.07. The van der Waals surface area contributed by atoms with E-state index >= 15 is 0 Å². The van der Waals surface area contributed by atoms with E-state index in [2.05, 4.69) is 25.5 Å². The second-order valence-electron chi connectivity index (χ2n) is 5.77. The Balaban J connectivity index is 2.96. The molecule has 1 unspecified atom stereocenters. The van der Waals surface area contributed by atoms with Crippen LogP contribution in [0.15, 0.2) is 24.3 Å². The summed E-state index contributed by atoms with van der Waals surface area (Å²) in [5.41, 5.74) is 7.17. The lowest BCUT2D eigenvalue weighted by atomic mass is 9.87. The van der Waals surface area contributed by atoms with Gasteiger partial charge in [0.25, 0.3) is 0 Å². The molecule has 4 nitrogen and oxygen atoms in total. The molecule has 0 saturated carbocycles. The van der Waals surface area contributed by atoms with Gasteiger partial charge < -0.3 is 5.73 Å². The van der Waals surface area contributed by atoms with Crippen LogP contribution >= 0.6 is 12.2 Å². The number of thiocarbonyl (C=S) groups is 1. The predicted octanol–water partition coefficient (Wildman–Crippen LogP) is 2.79. The van der Waals surface area contributed by atoms with E-state index in [0.717, 1.165) is 5.56 Å². The van der Waals surface area contributed by atoms with Crippen LogP contribution in [0.1, 0.15) is 39.7 Å². The van der Waals surface area contributed by atoms with Crippen LogP contribution in [-0.2, 0) is 15.4 Å². The van der Waals surface area contributed by atoms with Gasteiger partial charge in [0.1, 0.15) is 5.25 Å². The molecule has 3 N–H and O–H groups in total. The summed E-state index contributed by atoms with van der Waals surface area (Å²) in [6, 6.07) is 7.34. The van der Waals surface area contributed by atoms with Gasteiger partial charge in [0, 0.05) is 5.69 Å². The number of nitrogens with two attached hydrogens (primary N) is 1. The third-order valence-corrected chi connectivity index (χ3v) is 5.36. The molecule has 1 rings (SSSR count). The van der Waals surface area contributed by atoms with Gasteiger partial charge in [-0.3, -0.25) is 4.72 Å². The van der Waals surface area contributed by atoms with Crippen molar-refractivity contribution < 1.29 is 8.42 Å². The van der Waals surface area contributed by atoms with Gasteiger partial charge in [-0.2, -0.15) is 0 Å². The molecule has 0 spiro atoms. The van der Waals surface area contributed by atoms with E-state index < -0.39 is 15.3 Å². The first-order chi connectivity index (χ1) is 9.08. The van der Waals surface area contributed by atoms with Gasteiger partial charge in [-0.1, -0.05) is 52.0 Å². The highest BCUT2D eigenvalue weighted by molar-refractivity contribution is 7.95. The van der Waals surface area contributed by atoms with Crippen molar-refractivity contribution in [1.29, 1.82) is 0 Å². The quantitative estimate of drug-likeness (QED) is 0.820. The second-order valence-corrected chi connectivity index (χ2v) is 8.11.